The van der Waals surface area contributed by atoms with E-state index in [4.69, 9.17) is 0 Å². The molecule has 0 aliphatic rings. The number of anilines is 1. The van der Waals surface area contributed by atoms with Crippen molar-refractivity contribution in [3.05, 3.63) is 72.4 Å². The van der Waals surface area contributed by atoms with E-state index in [1.54, 1.807) is 24.4 Å². The zero-order valence-electron chi connectivity index (χ0n) is 11.0. The second kappa shape index (κ2) is 5.58. The molecule has 21 heavy (non-hydrogen) atoms. The number of imidazole rings is 1. The average molecular weight is 281 g/mol. The number of hydrogen-bond acceptors (Lipinski definition) is 2. The lowest BCUT2D eigenvalue weighted by molar-refractivity contribution is -0.111. The summed E-state index contributed by atoms with van der Waals surface area (Å²) in [5.74, 6) is -0.861. The molecule has 5 heteroatoms. The highest BCUT2D eigenvalue weighted by molar-refractivity contribution is 6.01. The molecular weight excluding hydrogens is 269 g/mol. The molecule has 0 saturated heterocycles. The van der Waals surface area contributed by atoms with Crippen LogP contribution in [0.4, 0.5) is 10.1 Å². The molecule has 2 aromatic heterocycles. The standard InChI is InChI=1S/C16H12FN3O/c17-13-5-1-2-6-14(13)19-16(21)9-8-12-11-18-15-7-3-4-10-20(12)15/h1-11H,(H,19,21)/b9-8+. The van der Waals surface area contributed by atoms with E-state index in [0.717, 1.165) is 11.3 Å². The lowest BCUT2D eigenvalue weighted by Gasteiger charge is -2.02. The van der Waals surface area contributed by atoms with E-state index < -0.39 is 11.7 Å². The van der Waals surface area contributed by atoms with Crippen LogP contribution in [0.3, 0.4) is 0 Å². The van der Waals surface area contributed by atoms with E-state index >= 15 is 0 Å². The number of aromatic nitrogens is 2. The van der Waals surface area contributed by atoms with Crippen molar-refractivity contribution in [3.63, 3.8) is 0 Å². The molecule has 1 N–H and O–H groups in total. The Kier molecular flexibility index (Phi) is 3.47. The van der Waals surface area contributed by atoms with Crippen LogP contribution >= 0.6 is 0 Å². The van der Waals surface area contributed by atoms with Gasteiger partial charge in [0.05, 0.1) is 17.6 Å². The molecule has 104 valence electrons. The Labute approximate surface area is 120 Å². The van der Waals surface area contributed by atoms with Crippen molar-refractivity contribution in [3.8, 4) is 0 Å². The molecule has 2 heterocycles. The van der Waals surface area contributed by atoms with Crippen molar-refractivity contribution in [1.82, 2.24) is 9.38 Å². The van der Waals surface area contributed by atoms with E-state index in [1.807, 2.05) is 28.8 Å². The molecule has 0 fully saturated rings. The number of nitrogens with zero attached hydrogens (tertiary/aromatic N) is 2. The number of carbonyl (C=O) groups is 1. The first-order valence-corrected chi connectivity index (χ1v) is 6.40. The van der Waals surface area contributed by atoms with Gasteiger partial charge in [0, 0.05) is 12.3 Å². The summed E-state index contributed by atoms with van der Waals surface area (Å²) in [5, 5.41) is 2.49. The molecule has 0 spiro atoms. The Morgan fingerprint density at radius 1 is 1.19 bits per heavy atom. The Hall–Kier alpha value is -2.95. The van der Waals surface area contributed by atoms with Crippen molar-refractivity contribution in [2.24, 2.45) is 0 Å². The minimum absolute atomic E-state index is 0.158. The van der Waals surface area contributed by atoms with E-state index in [-0.39, 0.29) is 5.69 Å². The fraction of sp³-hybridized carbons (Fsp3) is 0. The summed E-state index contributed by atoms with van der Waals surface area (Å²) in [4.78, 5) is 16.0. The number of halogens is 1. The quantitative estimate of drug-likeness (QED) is 0.750. The van der Waals surface area contributed by atoms with Crippen molar-refractivity contribution in [2.45, 2.75) is 0 Å². The third-order valence-corrected chi connectivity index (χ3v) is 2.98. The summed E-state index contributed by atoms with van der Waals surface area (Å²) >= 11 is 0. The maximum atomic E-state index is 13.4. The zero-order valence-corrected chi connectivity index (χ0v) is 11.0. The van der Waals surface area contributed by atoms with Gasteiger partial charge in [-0.15, -0.1) is 0 Å². The second-order valence-corrected chi connectivity index (χ2v) is 4.41. The van der Waals surface area contributed by atoms with Crippen molar-refractivity contribution in [1.29, 1.82) is 0 Å². The molecule has 0 saturated carbocycles. The largest absolute Gasteiger partial charge is 0.320 e. The van der Waals surface area contributed by atoms with Crippen LogP contribution < -0.4 is 5.32 Å². The minimum Gasteiger partial charge on any atom is -0.320 e. The summed E-state index contributed by atoms with van der Waals surface area (Å²) in [5.41, 5.74) is 1.73. The number of para-hydroxylation sites is 1. The number of nitrogens with one attached hydrogen (secondary N) is 1. The maximum Gasteiger partial charge on any atom is 0.248 e. The predicted octanol–water partition coefficient (Wildman–Crippen LogP) is 3.13. The zero-order chi connectivity index (χ0) is 14.7. The summed E-state index contributed by atoms with van der Waals surface area (Å²) in [6.07, 6.45) is 6.51. The molecule has 0 unspecified atom stereocenters. The Balaban J connectivity index is 1.77. The number of carbonyl (C=O) groups excluding carboxylic acids is 1. The highest BCUT2D eigenvalue weighted by atomic mass is 19.1. The van der Waals surface area contributed by atoms with Crippen molar-refractivity contribution < 1.29 is 9.18 Å². The lowest BCUT2D eigenvalue weighted by atomic mass is 10.3. The summed E-state index contributed by atoms with van der Waals surface area (Å²) < 4.78 is 15.3. The van der Waals surface area contributed by atoms with Crippen LogP contribution in [0.2, 0.25) is 0 Å². The first-order valence-electron chi connectivity index (χ1n) is 6.40. The number of benzene rings is 1. The fourth-order valence-electron chi connectivity index (χ4n) is 1.97. The average Bonchev–Trinajstić information content (AvgIpc) is 2.91. The molecule has 0 radical (unpaired) electrons. The van der Waals surface area contributed by atoms with E-state index in [2.05, 4.69) is 10.3 Å². The summed E-state index contributed by atoms with van der Waals surface area (Å²) in [7, 11) is 0. The van der Waals surface area contributed by atoms with Crippen molar-refractivity contribution in [2.75, 3.05) is 5.32 Å². The first kappa shape index (κ1) is 13.1. The molecule has 0 aliphatic carbocycles. The normalized spacial score (nSPS) is 11.1. The monoisotopic (exact) mass is 281 g/mol. The molecule has 0 aliphatic heterocycles. The van der Waals surface area contributed by atoms with Gasteiger partial charge in [0.1, 0.15) is 11.5 Å². The van der Waals surface area contributed by atoms with Gasteiger partial charge in [0.15, 0.2) is 0 Å². The van der Waals surface area contributed by atoms with E-state index in [9.17, 15) is 9.18 Å². The third kappa shape index (κ3) is 2.81. The van der Waals surface area contributed by atoms with Crippen LogP contribution in [0.5, 0.6) is 0 Å². The molecule has 0 bridgehead atoms. The Morgan fingerprint density at radius 2 is 2.00 bits per heavy atom. The highest BCUT2D eigenvalue weighted by Gasteiger charge is 2.04. The van der Waals surface area contributed by atoms with Gasteiger partial charge in [-0.25, -0.2) is 9.37 Å². The second-order valence-electron chi connectivity index (χ2n) is 4.41. The smallest absolute Gasteiger partial charge is 0.248 e. The van der Waals surface area contributed by atoms with Gasteiger partial charge < -0.3 is 9.72 Å². The predicted molar refractivity (Wildman–Crippen MR) is 79.3 cm³/mol. The molecule has 0 atom stereocenters. The number of hydrogen-bond donors (Lipinski definition) is 1. The van der Waals surface area contributed by atoms with Gasteiger partial charge in [-0.1, -0.05) is 18.2 Å². The van der Waals surface area contributed by atoms with Gasteiger partial charge in [-0.05, 0) is 30.3 Å². The minimum atomic E-state index is -0.464. The van der Waals surface area contributed by atoms with Crippen molar-refractivity contribution >= 4 is 23.3 Å². The first-order chi connectivity index (χ1) is 10.2. The van der Waals surface area contributed by atoms with Crippen LogP contribution in [-0.4, -0.2) is 15.3 Å². The maximum absolute atomic E-state index is 13.4. The van der Waals surface area contributed by atoms with Gasteiger partial charge in [0.2, 0.25) is 5.91 Å². The van der Waals surface area contributed by atoms with Gasteiger partial charge in [-0.3, -0.25) is 4.79 Å². The molecule has 4 nitrogen and oxygen atoms in total. The lowest BCUT2D eigenvalue weighted by Crippen LogP contribution is -2.09. The van der Waals surface area contributed by atoms with Crippen LogP contribution in [0.1, 0.15) is 5.69 Å². The topological polar surface area (TPSA) is 46.4 Å². The van der Waals surface area contributed by atoms with E-state index in [0.29, 0.717) is 0 Å². The van der Waals surface area contributed by atoms with Gasteiger partial charge in [-0.2, -0.15) is 0 Å². The molecule has 1 aromatic carbocycles. The van der Waals surface area contributed by atoms with Gasteiger partial charge >= 0.3 is 0 Å². The number of rotatable bonds is 3. The van der Waals surface area contributed by atoms with Crippen LogP contribution in [0.25, 0.3) is 11.7 Å². The molecule has 3 aromatic rings. The number of pyridine rings is 1. The molecular formula is C16H12FN3O. The summed E-state index contributed by atoms with van der Waals surface area (Å²) in [6.45, 7) is 0. The fourth-order valence-corrected chi connectivity index (χ4v) is 1.97. The Bertz CT molecular complexity index is 823. The van der Waals surface area contributed by atoms with Gasteiger partial charge in [0.25, 0.3) is 0 Å². The highest BCUT2D eigenvalue weighted by Crippen LogP contribution is 2.13. The third-order valence-electron chi connectivity index (χ3n) is 2.98. The number of amides is 1. The van der Waals surface area contributed by atoms with Crippen LogP contribution in [-0.2, 0) is 4.79 Å². The van der Waals surface area contributed by atoms with Crippen LogP contribution in [0, 0.1) is 5.82 Å². The Morgan fingerprint density at radius 3 is 2.86 bits per heavy atom. The molecule has 3 rings (SSSR count). The van der Waals surface area contributed by atoms with Crippen LogP contribution in [0.15, 0.2) is 60.9 Å². The number of fused-ring (bicyclic) bond motifs is 1. The summed E-state index contributed by atoms with van der Waals surface area (Å²) in [6, 6.07) is 11.7. The van der Waals surface area contributed by atoms with E-state index in [1.165, 1.54) is 18.2 Å². The SMILES string of the molecule is O=C(/C=C/c1cnc2ccccn12)Nc1ccccc1F. The molecule has 1 amide bonds.